The average molecular weight is 476 g/mol. The molecule has 4 heterocycles. The number of piperidine rings is 1. The van der Waals surface area contributed by atoms with E-state index in [1.165, 1.54) is 0 Å². The van der Waals surface area contributed by atoms with Gasteiger partial charge in [-0.2, -0.15) is 4.98 Å². The van der Waals surface area contributed by atoms with Crippen molar-refractivity contribution < 1.29 is 19.2 Å². The maximum absolute atomic E-state index is 11.7. The summed E-state index contributed by atoms with van der Waals surface area (Å²) in [6, 6.07) is 11.8. The largest absolute Gasteiger partial charge is 0.489 e. The summed E-state index contributed by atoms with van der Waals surface area (Å²) in [5.74, 6) is 2.56. The minimum Gasteiger partial charge on any atom is -0.489 e. The lowest BCUT2D eigenvalue weighted by atomic mass is 9.80. The quantitative estimate of drug-likeness (QED) is 0.426. The molecule has 1 aromatic carbocycles. The van der Waals surface area contributed by atoms with Crippen LogP contribution in [0, 0.1) is 12.3 Å². The topological polar surface area (TPSA) is 107 Å². The summed E-state index contributed by atoms with van der Waals surface area (Å²) in [7, 11) is 0. The van der Waals surface area contributed by atoms with Crippen molar-refractivity contribution in [1.29, 1.82) is 0 Å². The fraction of sp³-hybridized carbons (Fsp3) is 0.385. The number of rotatable bonds is 4. The normalized spacial score (nSPS) is 18.7. The van der Waals surface area contributed by atoms with E-state index < -0.39 is 6.09 Å². The number of amides is 1. The van der Waals surface area contributed by atoms with E-state index in [2.05, 4.69) is 35.9 Å². The van der Waals surface area contributed by atoms with E-state index in [1.807, 2.05) is 47.2 Å². The molecule has 3 aromatic heterocycles. The summed E-state index contributed by atoms with van der Waals surface area (Å²) in [4.78, 5) is 22.1. The molecule has 0 saturated carbocycles. The van der Waals surface area contributed by atoms with Crippen molar-refractivity contribution in [3.8, 4) is 23.0 Å². The number of nitrogens with zero attached hydrogens (tertiary/aromatic N) is 5. The van der Waals surface area contributed by atoms with E-state index in [9.17, 15) is 9.90 Å². The van der Waals surface area contributed by atoms with Gasteiger partial charge in [-0.25, -0.2) is 9.78 Å². The van der Waals surface area contributed by atoms with E-state index in [1.54, 1.807) is 18.0 Å². The first-order valence-electron chi connectivity index (χ1n) is 11.7. The first kappa shape index (κ1) is 22.9. The van der Waals surface area contributed by atoms with Crippen LogP contribution >= 0.6 is 0 Å². The molecule has 1 fully saturated rings. The second-order valence-corrected chi connectivity index (χ2v) is 10.1. The van der Waals surface area contributed by atoms with Gasteiger partial charge < -0.3 is 23.8 Å². The highest BCUT2D eigenvalue weighted by Gasteiger charge is 2.39. The van der Waals surface area contributed by atoms with Crippen molar-refractivity contribution in [2.75, 3.05) is 6.54 Å². The molecule has 2 unspecified atom stereocenters. The molecule has 0 bridgehead atoms. The van der Waals surface area contributed by atoms with Gasteiger partial charge in [0.2, 0.25) is 0 Å². The van der Waals surface area contributed by atoms with E-state index >= 15 is 0 Å². The lowest BCUT2D eigenvalue weighted by molar-refractivity contribution is 0.0129. The van der Waals surface area contributed by atoms with Gasteiger partial charge in [0.1, 0.15) is 17.7 Å². The van der Waals surface area contributed by atoms with Gasteiger partial charge in [-0.15, -0.1) is 0 Å². The van der Waals surface area contributed by atoms with Crippen LogP contribution in [0.4, 0.5) is 4.79 Å². The number of hydrogen-bond acceptors (Lipinski definition) is 6. The summed E-state index contributed by atoms with van der Waals surface area (Å²) in [6.07, 6.45) is 4.10. The fourth-order valence-corrected chi connectivity index (χ4v) is 4.76. The molecule has 35 heavy (non-hydrogen) atoms. The van der Waals surface area contributed by atoms with Crippen LogP contribution in [0.2, 0.25) is 0 Å². The van der Waals surface area contributed by atoms with Gasteiger partial charge in [-0.1, -0.05) is 25.9 Å². The first-order valence-corrected chi connectivity index (χ1v) is 11.7. The molecule has 0 radical (unpaired) electrons. The summed E-state index contributed by atoms with van der Waals surface area (Å²) in [6.45, 7) is 8.47. The zero-order valence-corrected chi connectivity index (χ0v) is 20.3. The van der Waals surface area contributed by atoms with Gasteiger partial charge in [0.15, 0.2) is 5.82 Å². The number of hydrogen-bond donors (Lipinski definition) is 1. The van der Waals surface area contributed by atoms with Crippen molar-refractivity contribution >= 4 is 17.0 Å². The third kappa shape index (κ3) is 4.58. The van der Waals surface area contributed by atoms with Gasteiger partial charge in [0, 0.05) is 42.6 Å². The van der Waals surface area contributed by atoms with Crippen LogP contribution in [0.5, 0.6) is 5.75 Å². The number of fused-ring (bicyclic) bond motifs is 1. The number of ether oxygens (including phenoxy) is 1. The molecule has 1 aliphatic rings. The smallest absolute Gasteiger partial charge is 0.407 e. The molecular formula is C26H29N5O4. The summed E-state index contributed by atoms with van der Waals surface area (Å²) in [5, 5.41) is 14.5. The maximum atomic E-state index is 11.7. The number of aromatic nitrogens is 4. The van der Waals surface area contributed by atoms with Crippen LogP contribution in [-0.2, 0) is 0 Å². The minimum atomic E-state index is -0.868. The number of likely N-dealkylation sites (tertiary alicyclic amines) is 1. The molecule has 1 amide bonds. The molecule has 1 aliphatic heterocycles. The van der Waals surface area contributed by atoms with Crippen molar-refractivity contribution in [2.24, 2.45) is 5.41 Å². The minimum absolute atomic E-state index is 0.0540. The van der Waals surface area contributed by atoms with Gasteiger partial charge in [-0.3, -0.25) is 0 Å². The number of carboxylic acid groups (broad SMARTS) is 1. The number of carbonyl (C=O) groups is 1. The highest BCUT2D eigenvalue weighted by molar-refractivity contribution is 5.85. The second-order valence-electron chi connectivity index (χ2n) is 10.1. The molecule has 1 N–H and O–H groups in total. The zero-order valence-electron chi connectivity index (χ0n) is 20.3. The van der Waals surface area contributed by atoms with Crippen LogP contribution in [0.25, 0.3) is 28.2 Å². The third-order valence-electron chi connectivity index (χ3n) is 6.53. The van der Waals surface area contributed by atoms with E-state index in [0.717, 1.165) is 22.3 Å². The van der Waals surface area contributed by atoms with Crippen LogP contribution in [0.15, 0.2) is 53.3 Å². The highest BCUT2D eigenvalue weighted by Crippen LogP contribution is 2.34. The summed E-state index contributed by atoms with van der Waals surface area (Å²) in [5.41, 5.74) is 1.72. The Bertz CT molecular complexity index is 1350. The second kappa shape index (κ2) is 8.72. The standard InChI is InChI=1S/C26H29N5O4/c1-16-28-24(35-29-16)18-5-7-21-17(13-18)9-11-30(21)23-8-6-20(15-27-23)34-19-10-12-31(25(32)33)22(14-19)26(2,3)4/h5-9,11,13,15,19,22H,10,12,14H2,1-4H3,(H,32,33). The number of pyridine rings is 1. The predicted octanol–water partition coefficient (Wildman–Crippen LogP) is 5.32. The Hall–Kier alpha value is -3.88. The highest BCUT2D eigenvalue weighted by atomic mass is 16.5. The molecule has 4 aromatic rings. The van der Waals surface area contributed by atoms with E-state index in [-0.39, 0.29) is 17.6 Å². The van der Waals surface area contributed by atoms with Crippen molar-refractivity contribution in [2.45, 2.75) is 52.7 Å². The van der Waals surface area contributed by atoms with Crippen molar-refractivity contribution in [3.63, 3.8) is 0 Å². The summed E-state index contributed by atoms with van der Waals surface area (Å²) >= 11 is 0. The maximum Gasteiger partial charge on any atom is 0.407 e. The Morgan fingerprint density at radius 2 is 2.03 bits per heavy atom. The monoisotopic (exact) mass is 475 g/mol. The lowest BCUT2D eigenvalue weighted by Gasteiger charge is -2.44. The number of benzene rings is 1. The number of aryl methyl sites for hydroxylation is 1. The molecule has 182 valence electrons. The van der Waals surface area contributed by atoms with E-state index in [0.29, 0.717) is 36.9 Å². The molecule has 9 heteroatoms. The van der Waals surface area contributed by atoms with Crippen LogP contribution < -0.4 is 4.74 Å². The SMILES string of the molecule is Cc1noc(-c2ccc3c(ccn3-c3ccc(OC4CCN(C(=O)O)C(C(C)(C)C)C4)cn3)c2)n1. The molecular weight excluding hydrogens is 446 g/mol. The van der Waals surface area contributed by atoms with Crippen LogP contribution in [0.3, 0.4) is 0 Å². The first-order chi connectivity index (χ1) is 16.7. The zero-order chi connectivity index (χ0) is 24.7. The van der Waals surface area contributed by atoms with Crippen LogP contribution in [0.1, 0.15) is 39.4 Å². The van der Waals surface area contributed by atoms with Gasteiger partial charge in [0.25, 0.3) is 5.89 Å². The average Bonchev–Trinajstić information content (AvgIpc) is 3.45. The fourth-order valence-electron chi connectivity index (χ4n) is 4.76. The molecule has 2 atom stereocenters. The van der Waals surface area contributed by atoms with Crippen LogP contribution in [-0.4, -0.2) is 54.5 Å². The predicted molar refractivity (Wildman–Crippen MR) is 131 cm³/mol. The lowest BCUT2D eigenvalue weighted by Crippen LogP contribution is -2.53. The molecule has 9 nitrogen and oxygen atoms in total. The summed E-state index contributed by atoms with van der Waals surface area (Å²) < 4.78 is 13.5. The van der Waals surface area contributed by atoms with Crippen molar-refractivity contribution in [3.05, 3.63) is 54.6 Å². The Morgan fingerprint density at radius 1 is 1.20 bits per heavy atom. The van der Waals surface area contributed by atoms with E-state index in [4.69, 9.17) is 9.26 Å². The Kier molecular flexibility index (Phi) is 5.70. The third-order valence-corrected chi connectivity index (χ3v) is 6.53. The van der Waals surface area contributed by atoms with Gasteiger partial charge >= 0.3 is 6.09 Å². The Labute approximate surface area is 203 Å². The Balaban J connectivity index is 1.31. The van der Waals surface area contributed by atoms with Crippen molar-refractivity contribution in [1.82, 2.24) is 24.6 Å². The van der Waals surface area contributed by atoms with Gasteiger partial charge in [-0.05, 0) is 48.7 Å². The molecule has 5 rings (SSSR count). The molecule has 1 saturated heterocycles. The molecule has 0 aliphatic carbocycles. The Morgan fingerprint density at radius 3 is 2.69 bits per heavy atom. The molecule has 0 spiro atoms. The van der Waals surface area contributed by atoms with Gasteiger partial charge in [0.05, 0.1) is 11.7 Å².